The third-order valence-corrected chi connectivity index (χ3v) is 9.11. The molecular weight excluding hydrogens is 672 g/mol. The SMILES string of the molecule is CC(C)(C)OC(=O)NC(C)(C)C(=O)N[C@H](COCc1ccccc1)C(=O)Nc1cn(C(C)(C(=O)N2CCCC2)c2ccc(-c3ccccc3)cc2)cn1. The van der Waals surface area contributed by atoms with Crippen LogP contribution in [-0.2, 0) is 36.0 Å². The maximum absolute atomic E-state index is 14.3. The lowest BCUT2D eigenvalue weighted by Gasteiger charge is -2.34. The summed E-state index contributed by atoms with van der Waals surface area (Å²) in [5, 5.41) is 8.10. The van der Waals surface area contributed by atoms with Crippen LogP contribution in [0.1, 0.15) is 65.5 Å². The van der Waals surface area contributed by atoms with Gasteiger partial charge in [-0.1, -0.05) is 84.9 Å². The van der Waals surface area contributed by atoms with E-state index in [1.165, 1.54) is 20.2 Å². The van der Waals surface area contributed by atoms with Crippen molar-refractivity contribution in [3.63, 3.8) is 0 Å². The molecule has 3 aromatic carbocycles. The van der Waals surface area contributed by atoms with Gasteiger partial charge in [-0.05, 0) is 76.6 Å². The van der Waals surface area contributed by atoms with E-state index in [4.69, 9.17) is 9.47 Å². The van der Waals surface area contributed by atoms with Crippen LogP contribution in [0.15, 0.2) is 97.5 Å². The molecule has 12 heteroatoms. The number of benzene rings is 3. The zero-order valence-corrected chi connectivity index (χ0v) is 31.3. The second kappa shape index (κ2) is 16.5. The Balaban J connectivity index is 1.37. The molecule has 0 bridgehead atoms. The first-order valence-corrected chi connectivity index (χ1v) is 17.9. The van der Waals surface area contributed by atoms with Gasteiger partial charge in [-0.2, -0.15) is 0 Å². The monoisotopic (exact) mass is 722 g/mol. The fourth-order valence-corrected chi connectivity index (χ4v) is 6.08. The molecule has 12 nitrogen and oxygen atoms in total. The number of ether oxygens (including phenoxy) is 2. The topological polar surface area (TPSA) is 144 Å². The number of likely N-dealkylation sites (tertiary alicyclic amines) is 1. The minimum Gasteiger partial charge on any atom is -0.444 e. The molecule has 1 aliphatic rings. The number of hydrogen-bond acceptors (Lipinski definition) is 7. The second-order valence-corrected chi connectivity index (χ2v) is 14.9. The zero-order chi connectivity index (χ0) is 38.2. The van der Waals surface area contributed by atoms with Crippen LogP contribution in [0.2, 0.25) is 0 Å². The molecule has 4 aromatic rings. The van der Waals surface area contributed by atoms with Crippen molar-refractivity contribution < 1.29 is 28.7 Å². The van der Waals surface area contributed by atoms with Crippen LogP contribution in [0.5, 0.6) is 0 Å². The minimum absolute atomic E-state index is 0.0723. The number of hydrogen-bond donors (Lipinski definition) is 3. The molecule has 2 atom stereocenters. The highest BCUT2D eigenvalue weighted by Gasteiger charge is 2.41. The van der Waals surface area contributed by atoms with E-state index in [1.807, 2.05) is 96.8 Å². The summed E-state index contributed by atoms with van der Waals surface area (Å²) in [7, 11) is 0. The summed E-state index contributed by atoms with van der Waals surface area (Å²) in [5.41, 5.74) is 0.378. The molecule has 1 aromatic heterocycles. The first-order valence-electron chi connectivity index (χ1n) is 17.9. The van der Waals surface area contributed by atoms with Crippen molar-refractivity contribution in [3.05, 3.63) is 109 Å². The average Bonchev–Trinajstić information content (AvgIpc) is 3.84. The Morgan fingerprint density at radius 3 is 2.04 bits per heavy atom. The van der Waals surface area contributed by atoms with Crippen molar-refractivity contribution in [2.45, 2.75) is 83.7 Å². The Morgan fingerprint density at radius 1 is 0.811 bits per heavy atom. The molecule has 0 radical (unpaired) electrons. The standard InChI is InChI=1S/C41H50N6O6/c1-39(2,3)53-38(51)45-40(4,5)36(49)43-33(27-52-26-29-15-9-7-10-16-29)35(48)44-34-25-47(28-42-34)41(6,37(50)46-23-13-14-24-46)32-21-19-31(20-22-32)30-17-11-8-12-18-30/h7-12,15-22,25,28,33H,13-14,23-24,26-27H2,1-6H3,(H,43,49)(H,44,48)(H,45,51)/t33-,41?/m1/s1. The van der Waals surface area contributed by atoms with E-state index in [0.29, 0.717) is 13.1 Å². The normalized spacial score (nSPS) is 14.9. The third kappa shape index (κ3) is 9.89. The molecule has 280 valence electrons. The van der Waals surface area contributed by atoms with E-state index in [2.05, 4.69) is 20.9 Å². The lowest BCUT2D eigenvalue weighted by molar-refractivity contribution is -0.137. The predicted octanol–water partition coefficient (Wildman–Crippen LogP) is 5.88. The lowest BCUT2D eigenvalue weighted by Crippen LogP contribution is -2.59. The van der Waals surface area contributed by atoms with E-state index >= 15 is 0 Å². The molecule has 5 rings (SSSR count). The van der Waals surface area contributed by atoms with Crippen molar-refractivity contribution in [1.82, 2.24) is 25.1 Å². The summed E-state index contributed by atoms with van der Waals surface area (Å²) in [6.45, 7) is 11.4. The quantitative estimate of drug-likeness (QED) is 0.156. The average molecular weight is 723 g/mol. The Labute approximate surface area is 311 Å². The molecule has 4 amide bonds. The fourth-order valence-electron chi connectivity index (χ4n) is 6.08. The summed E-state index contributed by atoms with van der Waals surface area (Å²) in [5.74, 6) is -1.11. The molecule has 0 aliphatic carbocycles. The number of alkyl carbamates (subject to hydrolysis) is 1. The van der Waals surface area contributed by atoms with Gasteiger partial charge in [-0.25, -0.2) is 9.78 Å². The molecule has 1 saturated heterocycles. The van der Waals surface area contributed by atoms with E-state index < -0.39 is 40.6 Å². The van der Waals surface area contributed by atoms with Crippen molar-refractivity contribution in [2.75, 3.05) is 25.0 Å². The van der Waals surface area contributed by atoms with Gasteiger partial charge in [0.1, 0.15) is 22.7 Å². The molecule has 1 unspecified atom stereocenters. The van der Waals surface area contributed by atoms with Crippen molar-refractivity contribution >= 4 is 29.6 Å². The van der Waals surface area contributed by atoms with Gasteiger partial charge in [0.15, 0.2) is 5.82 Å². The molecule has 2 heterocycles. The summed E-state index contributed by atoms with van der Waals surface area (Å²) < 4.78 is 12.9. The number of carbonyl (C=O) groups excluding carboxylic acids is 4. The highest BCUT2D eigenvalue weighted by Crippen LogP contribution is 2.33. The van der Waals surface area contributed by atoms with Crippen LogP contribution < -0.4 is 16.0 Å². The number of nitrogens with zero attached hydrogens (tertiary/aromatic N) is 3. The van der Waals surface area contributed by atoms with Crippen molar-refractivity contribution in [2.24, 2.45) is 0 Å². The number of carbonyl (C=O) groups is 4. The second-order valence-electron chi connectivity index (χ2n) is 14.9. The molecule has 1 aliphatic heterocycles. The molecule has 1 fully saturated rings. The number of anilines is 1. The number of nitrogens with one attached hydrogen (secondary N) is 3. The van der Waals surface area contributed by atoms with Gasteiger partial charge >= 0.3 is 6.09 Å². The molecule has 53 heavy (non-hydrogen) atoms. The molecule has 3 N–H and O–H groups in total. The van der Waals surface area contributed by atoms with Crippen LogP contribution in [0.4, 0.5) is 10.6 Å². The van der Waals surface area contributed by atoms with E-state index in [9.17, 15) is 19.2 Å². The van der Waals surface area contributed by atoms with Crippen LogP contribution in [0.3, 0.4) is 0 Å². The lowest BCUT2D eigenvalue weighted by atomic mass is 9.88. The van der Waals surface area contributed by atoms with Gasteiger partial charge in [-0.3, -0.25) is 14.4 Å². The third-order valence-electron chi connectivity index (χ3n) is 9.11. The summed E-state index contributed by atoms with van der Waals surface area (Å²) >= 11 is 0. The Bertz CT molecular complexity index is 1860. The minimum atomic E-state index is -1.43. The van der Waals surface area contributed by atoms with Crippen molar-refractivity contribution in [3.8, 4) is 11.1 Å². The van der Waals surface area contributed by atoms with Crippen LogP contribution in [0.25, 0.3) is 11.1 Å². The molecule has 0 saturated carbocycles. The van der Waals surface area contributed by atoms with Crippen LogP contribution >= 0.6 is 0 Å². The van der Waals surface area contributed by atoms with Gasteiger partial charge < -0.3 is 34.9 Å². The Hall–Kier alpha value is -5.49. The van der Waals surface area contributed by atoms with Crippen molar-refractivity contribution in [1.29, 1.82) is 0 Å². The fraction of sp³-hybridized carbons (Fsp3) is 0.390. The summed E-state index contributed by atoms with van der Waals surface area (Å²) in [4.78, 5) is 60.4. The summed E-state index contributed by atoms with van der Waals surface area (Å²) in [6, 6.07) is 26.2. The number of amides is 4. The molecule has 0 spiro atoms. The largest absolute Gasteiger partial charge is 0.444 e. The number of imidazole rings is 1. The maximum Gasteiger partial charge on any atom is 0.408 e. The molecular formula is C41H50N6O6. The highest BCUT2D eigenvalue weighted by atomic mass is 16.6. The van der Waals surface area contributed by atoms with Gasteiger partial charge in [0.2, 0.25) is 5.91 Å². The number of rotatable bonds is 13. The van der Waals surface area contributed by atoms with Gasteiger partial charge in [0.25, 0.3) is 11.8 Å². The van der Waals surface area contributed by atoms with Gasteiger partial charge in [-0.15, -0.1) is 0 Å². The Morgan fingerprint density at radius 2 is 1.42 bits per heavy atom. The Kier molecular flexibility index (Phi) is 12.0. The van der Waals surface area contributed by atoms with Crippen LogP contribution in [-0.4, -0.2) is 75.1 Å². The highest BCUT2D eigenvalue weighted by molar-refractivity contribution is 5.99. The first-order chi connectivity index (χ1) is 25.2. The number of aromatic nitrogens is 2. The van der Waals surface area contributed by atoms with Gasteiger partial charge in [0, 0.05) is 19.3 Å². The smallest absolute Gasteiger partial charge is 0.408 e. The first kappa shape index (κ1) is 38.7. The maximum atomic E-state index is 14.3. The van der Waals surface area contributed by atoms with E-state index in [0.717, 1.165) is 35.1 Å². The zero-order valence-electron chi connectivity index (χ0n) is 31.3. The predicted molar refractivity (Wildman–Crippen MR) is 203 cm³/mol. The van der Waals surface area contributed by atoms with Crippen LogP contribution in [0, 0.1) is 0 Å². The van der Waals surface area contributed by atoms with E-state index in [-0.39, 0.29) is 24.9 Å². The van der Waals surface area contributed by atoms with Gasteiger partial charge in [0.05, 0.1) is 19.5 Å². The van der Waals surface area contributed by atoms with E-state index in [1.54, 1.807) is 31.5 Å². The summed E-state index contributed by atoms with van der Waals surface area (Å²) in [6.07, 6.45) is 4.25.